The molecule has 0 saturated heterocycles. The molecule has 0 atom stereocenters. The summed E-state index contributed by atoms with van der Waals surface area (Å²) in [5, 5.41) is 9.68. The molecular weight excluding hydrogens is 202 g/mol. The molecule has 1 heterocycles. The normalized spacial score (nSPS) is 11.3. The third-order valence-corrected chi connectivity index (χ3v) is 2.51. The van der Waals surface area contributed by atoms with E-state index in [2.05, 4.69) is 4.57 Å². The molecule has 1 aromatic carbocycles. The van der Waals surface area contributed by atoms with Crippen molar-refractivity contribution in [1.29, 1.82) is 0 Å². The zero-order valence-electron chi connectivity index (χ0n) is 9.05. The van der Waals surface area contributed by atoms with Crippen LogP contribution in [0.5, 0.6) is 0 Å². The molecule has 0 amide bonds. The zero-order chi connectivity index (χ0) is 11.5. The second kappa shape index (κ2) is 4.23. The summed E-state index contributed by atoms with van der Waals surface area (Å²) < 4.78 is 2.06. The monoisotopic (exact) mass is 215 g/mol. The number of aromatic nitrogens is 1. The van der Waals surface area contributed by atoms with E-state index in [1.807, 2.05) is 43.6 Å². The van der Waals surface area contributed by atoms with Gasteiger partial charge in [-0.2, -0.15) is 0 Å². The minimum atomic E-state index is -0.808. The van der Waals surface area contributed by atoms with Crippen LogP contribution in [0.2, 0.25) is 0 Å². The van der Waals surface area contributed by atoms with E-state index >= 15 is 0 Å². The Morgan fingerprint density at radius 2 is 2.25 bits per heavy atom. The number of aliphatic carboxylic acids is 1. The number of hydrogen-bond donors (Lipinski definition) is 1. The molecule has 82 valence electrons. The molecule has 0 saturated carbocycles. The lowest BCUT2D eigenvalue weighted by Gasteiger charge is -1.97. The number of benzene rings is 1. The summed E-state index contributed by atoms with van der Waals surface area (Å²) in [5.41, 5.74) is 2.20. The van der Waals surface area contributed by atoms with E-state index in [-0.39, 0.29) is 6.42 Å². The summed E-state index contributed by atoms with van der Waals surface area (Å²) in [6.45, 7) is 0. The van der Waals surface area contributed by atoms with Gasteiger partial charge < -0.3 is 9.67 Å². The average molecular weight is 215 g/mol. The number of aryl methyl sites for hydroxylation is 1. The van der Waals surface area contributed by atoms with Gasteiger partial charge in [-0.3, -0.25) is 4.79 Å². The second-order valence-electron chi connectivity index (χ2n) is 3.75. The highest BCUT2D eigenvalue weighted by atomic mass is 16.4. The fourth-order valence-electron chi connectivity index (χ4n) is 1.70. The molecule has 0 aliphatic carbocycles. The number of fused-ring (bicyclic) bond motifs is 1. The fourth-order valence-corrected chi connectivity index (χ4v) is 1.70. The first-order valence-electron chi connectivity index (χ1n) is 5.10. The summed E-state index contributed by atoms with van der Waals surface area (Å²) in [7, 11) is 2.00. The Morgan fingerprint density at radius 1 is 1.44 bits per heavy atom. The summed E-state index contributed by atoms with van der Waals surface area (Å²) in [5.74, 6) is -0.808. The van der Waals surface area contributed by atoms with Crippen LogP contribution in [0.4, 0.5) is 0 Å². The van der Waals surface area contributed by atoms with Crippen LogP contribution in [0.1, 0.15) is 12.0 Å². The third kappa shape index (κ3) is 2.14. The first-order valence-corrected chi connectivity index (χ1v) is 5.10. The number of rotatable bonds is 3. The van der Waals surface area contributed by atoms with Crippen LogP contribution in [0.25, 0.3) is 17.0 Å². The predicted octanol–water partition coefficient (Wildman–Crippen LogP) is 2.67. The molecule has 0 aliphatic rings. The molecule has 0 spiro atoms. The lowest BCUT2D eigenvalue weighted by atomic mass is 10.1. The van der Waals surface area contributed by atoms with Crippen LogP contribution >= 0.6 is 0 Å². The molecule has 16 heavy (non-hydrogen) atoms. The van der Waals surface area contributed by atoms with Crippen molar-refractivity contribution in [3.8, 4) is 0 Å². The van der Waals surface area contributed by atoms with E-state index in [0.29, 0.717) is 0 Å². The van der Waals surface area contributed by atoms with E-state index in [9.17, 15) is 4.79 Å². The number of nitrogens with zero attached hydrogens (tertiary/aromatic N) is 1. The molecule has 0 fully saturated rings. The molecule has 1 aromatic heterocycles. The number of carboxylic acids is 1. The van der Waals surface area contributed by atoms with Crippen molar-refractivity contribution >= 4 is 22.9 Å². The maximum Gasteiger partial charge on any atom is 0.307 e. The van der Waals surface area contributed by atoms with E-state index < -0.39 is 5.97 Å². The Bertz CT molecular complexity index is 552. The molecule has 3 nitrogen and oxygen atoms in total. The maximum atomic E-state index is 10.4. The number of hydrogen-bond acceptors (Lipinski definition) is 1. The molecule has 2 aromatic rings. The Kier molecular flexibility index (Phi) is 2.77. The van der Waals surface area contributed by atoms with Crippen molar-refractivity contribution in [2.45, 2.75) is 6.42 Å². The molecule has 3 heteroatoms. The summed E-state index contributed by atoms with van der Waals surface area (Å²) in [6, 6.07) is 8.12. The van der Waals surface area contributed by atoms with Crippen LogP contribution in [0, 0.1) is 0 Å². The Morgan fingerprint density at radius 3 is 3.00 bits per heavy atom. The number of carbonyl (C=O) groups is 1. The van der Waals surface area contributed by atoms with Crippen molar-refractivity contribution < 1.29 is 9.90 Å². The highest BCUT2D eigenvalue weighted by Gasteiger charge is 1.97. The summed E-state index contributed by atoms with van der Waals surface area (Å²) in [6.07, 6.45) is 5.56. The SMILES string of the molecule is Cn1ccc2cc(C=CCC(=O)O)ccc21. The van der Waals surface area contributed by atoms with Gasteiger partial charge in [0.2, 0.25) is 0 Å². The van der Waals surface area contributed by atoms with Crippen molar-refractivity contribution in [2.24, 2.45) is 7.05 Å². The summed E-state index contributed by atoms with van der Waals surface area (Å²) in [4.78, 5) is 10.4. The zero-order valence-corrected chi connectivity index (χ0v) is 9.05. The lowest BCUT2D eigenvalue weighted by Crippen LogP contribution is -1.89. The van der Waals surface area contributed by atoms with E-state index in [4.69, 9.17) is 5.11 Å². The Balaban J connectivity index is 2.26. The third-order valence-electron chi connectivity index (χ3n) is 2.51. The van der Waals surface area contributed by atoms with Gasteiger partial charge in [0, 0.05) is 24.1 Å². The van der Waals surface area contributed by atoms with Crippen LogP contribution in [0.3, 0.4) is 0 Å². The van der Waals surface area contributed by atoms with Gasteiger partial charge in [0.1, 0.15) is 0 Å². The van der Waals surface area contributed by atoms with Crippen molar-refractivity contribution in [3.05, 3.63) is 42.1 Å². The van der Waals surface area contributed by atoms with Gasteiger partial charge in [-0.15, -0.1) is 0 Å². The van der Waals surface area contributed by atoms with Crippen molar-refractivity contribution in [2.75, 3.05) is 0 Å². The minimum Gasteiger partial charge on any atom is -0.481 e. The first-order chi connectivity index (χ1) is 7.66. The van der Waals surface area contributed by atoms with Gasteiger partial charge >= 0.3 is 5.97 Å². The van der Waals surface area contributed by atoms with Gasteiger partial charge in [0.15, 0.2) is 0 Å². The van der Waals surface area contributed by atoms with Crippen LogP contribution in [0.15, 0.2) is 36.5 Å². The maximum absolute atomic E-state index is 10.4. The standard InChI is InChI=1S/C13H13NO2/c1-14-8-7-11-9-10(5-6-12(11)14)3-2-4-13(15)16/h2-3,5-9H,4H2,1H3,(H,15,16). The van der Waals surface area contributed by atoms with E-state index in [1.165, 1.54) is 10.9 Å². The Hall–Kier alpha value is -2.03. The van der Waals surface area contributed by atoms with E-state index in [0.717, 1.165) is 5.56 Å². The minimum absolute atomic E-state index is 0.0623. The average Bonchev–Trinajstić information content (AvgIpc) is 2.60. The molecule has 0 unspecified atom stereocenters. The summed E-state index contributed by atoms with van der Waals surface area (Å²) >= 11 is 0. The van der Waals surface area contributed by atoms with Crippen molar-refractivity contribution in [1.82, 2.24) is 4.57 Å². The second-order valence-corrected chi connectivity index (χ2v) is 3.75. The van der Waals surface area contributed by atoms with Gasteiger partial charge in [-0.1, -0.05) is 18.2 Å². The topological polar surface area (TPSA) is 42.2 Å². The van der Waals surface area contributed by atoms with Crippen LogP contribution in [-0.2, 0) is 11.8 Å². The van der Waals surface area contributed by atoms with Crippen LogP contribution in [-0.4, -0.2) is 15.6 Å². The highest BCUT2D eigenvalue weighted by molar-refractivity contribution is 5.82. The molecule has 0 bridgehead atoms. The van der Waals surface area contributed by atoms with Gasteiger partial charge in [0.25, 0.3) is 0 Å². The van der Waals surface area contributed by atoms with Gasteiger partial charge in [-0.25, -0.2) is 0 Å². The number of carboxylic acid groups (broad SMARTS) is 1. The fraction of sp³-hybridized carbons (Fsp3) is 0.154. The van der Waals surface area contributed by atoms with Gasteiger partial charge in [0.05, 0.1) is 6.42 Å². The lowest BCUT2D eigenvalue weighted by molar-refractivity contribution is -0.135. The smallest absolute Gasteiger partial charge is 0.307 e. The predicted molar refractivity (Wildman–Crippen MR) is 64.2 cm³/mol. The quantitative estimate of drug-likeness (QED) is 0.855. The first kappa shape index (κ1) is 10.5. The molecular formula is C13H13NO2. The van der Waals surface area contributed by atoms with Crippen LogP contribution < -0.4 is 0 Å². The van der Waals surface area contributed by atoms with E-state index in [1.54, 1.807) is 6.08 Å². The molecule has 1 N–H and O–H groups in total. The Labute approximate surface area is 93.6 Å². The van der Waals surface area contributed by atoms with Crippen molar-refractivity contribution in [3.63, 3.8) is 0 Å². The molecule has 0 aliphatic heterocycles. The highest BCUT2D eigenvalue weighted by Crippen LogP contribution is 2.17. The largest absolute Gasteiger partial charge is 0.481 e. The molecule has 0 radical (unpaired) electrons. The van der Waals surface area contributed by atoms with Gasteiger partial charge in [-0.05, 0) is 23.8 Å². The molecule has 2 rings (SSSR count).